The molecular formula is C14H11N3O3S. The van der Waals surface area contributed by atoms with Gasteiger partial charge in [0, 0.05) is 12.6 Å². The summed E-state index contributed by atoms with van der Waals surface area (Å²) in [4.78, 5) is 27.9. The van der Waals surface area contributed by atoms with Gasteiger partial charge in [0.2, 0.25) is 5.78 Å². The molecule has 1 aromatic carbocycles. The third-order valence-electron chi connectivity index (χ3n) is 3.04. The maximum Gasteiger partial charge on any atom is 0.412 e. The van der Waals surface area contributed by atoms with E-state index in [9.17, 15) is 9.59 Å². The molecule has 0 atom stereocenters. The highest BCUT2D eigenvalue weighted by atomic mass is 32.1. The third-order valence-corrected chi connectivity index (χ3v) is 3.91. The molecule has 0 aliphatic rings. The predicted molar refractivity (Wildman–Crippen MR) is 78.7 cm³/mol. The van der Waals surface area contributed by atoms with Gasteiger partial charge in [-0.1, -0.05) is 6.07 Å². The summed E-state index contributed by atoms with van der Waals surface area (Å²) in [7, 11) is 1.70. The van der Waals surface area contributed by atoms with Crippen LogP contribution in [0.2, 0.25) is 0 Å². The molecule has 7 heteroatoms. The summed E-state index contributed by atoms with van der Waals surface area (Å²) in [6.07, 6.45) is -0.928. The lowest BCUT2D eigenvalue weighted by Crippen LogP contribution is -2.18. The maximum absolute atomic E-state index is 12.3. The van der Waals surface area contributed by atoms with Crippen molar-refractivity contribution in [2.45, 2.75) is 0 Å². The predicted octanol–water partition coefficient (Wildman–Crippen LogP) is 2.32. The summed E-state index contributed by atoms with van der Waals surface area (Å²) in [5.41, 5.74) is 6.84. The number of aryl methyl sites for hydroxylation is 1. The number of ether oxygens (including phenoxy) is 1. The van der Waals surface area contributed by atoms with Gasteiger partial charge in [0.15, 0.2) is 0 Å². The van der Waals surface area contributed by atoms with Crippen LogP contribution in [0.3, 0.4) is 0 Å². The molecule has 0 bridgehead atoms. The second-order valence-electron chi connectivity index (χ2n) is 4.38. The average molecular weight is 301 g/mol. The molecule has 0 unspecified atom stereocenters. The summed E-state index contributed by atoms with van der Waals surface area (Å²) in [6.45, 7) is 0. The molecule has 1 amide bonds. The number of nitrogens with zero attached hydrogens (tertiary/aromatic N) is 2. The first-order valence-corrected chi connectivity index (χ1v) is 6.96. The topological polar surface area (TPSA) is 87.2 Å². The number of amides is 1. The zero-order valence-corrected chi connectivity index (χ0v) is 11.9. The van der Waals surface area contributed by atoms with E-state index in [2.05, 4.69) is 4.98 Å². The van der Waals surface area contributed by atoms with Crippen molar-refractivity contribution in [3.05, 3.63) is 46.2 Å². The number of rotatable bonds is 3. The lowest BCUT2D eigenvalue weighted by Gasteiger charge is -2.00. The molecule has 0 aliphatic carbocycles. The molecule has 0 saturated carbocycles. The van der Waals surface area contributed by atoms with Crippen LogP contribution in [0, 0.1) is 0 Å². The van der Waals surface area contributed by atoms with Crippen molar-refractivity contribution in [2.75, 3.05) is 0 Å². The van der Waals surface area contributed by atoms with E-state index in [-0.39, 0.29) is 11.8 Å². The van der Waals surface area contributed by atoms with Gasteiger partial charge in [0.1, 0.15) is 0 Å². The largest absolute Gasteiger partial charge is 0.412 e. The van der Waals surface area contributed by atoms with E-state index < -0.39 is 6.09 Å². The van der Waals surface area contributed by atoms with Crippen LogP contribution >= 0.6 is 11.3 Å². The normalized spacial score (nSPS) is 10.7. The molecule has 0 spiro atoms. The Morgan fingerprint density at radius 3 is 2.81 bits per heavy atom. The van der Waals surface area contributed by atoms with Crippen LogP contribution in [-0.4, -0.2) is 21.4 Å². The SMILES string of the molecule is Cn1c(OC(N)=O)nc2cc(C(=O)c3cccs3)ccc21. The van der Waals surface area contributed by atoms with Crippen LogP contribution in [0.25, 0.3) is 11.0 Å². The van der Waals surface area contributed by atoms with Crippen molar-refractivity contribution in [1.82, 2.24) is 9.55 Å². The number of thiophene rings is 1. The number of nitrogens with two attached hydrogens (primary N) is 1. The fourth-order valence-corrected chi connectivity index (χ4v) is 2.74. The molecule has 0 fully saturated rings. The molecule has 6 nitrogen and oxygen atoms in total. The van der Waals surface area contributed by atoms with Gasteiger partial charge in [-0.25, -0.2) is 4.79 Å². The molecule has 21 heavy (non-hydrogen) atoms. The number of ketones is 1. The molecule has 2 N–H and O–H groups in total. The first-order valence-electron chi connectivity index (χ1n) is 6.08. The second kappa shape index (κ2) is 5.02. The third kappa shape index (κ3) is 2.38. The van der Waals surface area contributed by atoms with Gasteiger partial charge < -0.3 is 10.5 Å². The van der Waals surface area contributed by atoms with Crippen molar-refractivity contribution < 1.29 is 14.3 Å². The standard InChI is InChI=1S/C14H11N3O3S/c1-17-10-5-4-8(12(18)11-3-2-6-21-11)7-9(10)16-14(17)20-13(15)19/h2-7H,1H3,(H2,15,19). The minimum absolute atomic E-state index is 0.0603. The smallest absolute Gasteiger partial charge is 0.375 e. The highest BCUT2D eigenvalue weighted by molar-refractivity contribution is 7.12. The van der Waals surface area contributed by atoms with Crippen molar-refractivity contribution in [3.8, 4) is 6.01 Å². The van der Waals surface area contributed by atoms with E-state index in [4.69, 9.17) is 10.5 Å². The Balaban J connectivity index is 2.04. The molecule has 106 valence electrons. The van der Waals surface area contributed by atoms with Crippen LogP contribution in [0.5, 0.6) is 6.01 Å². The highest BCUT2D eigenvalue weighted by Crippen LogP contribution is 2.23. The Labute approximate surface area is 123 Å². The quantitative estimate of drug-likeness (QED) is 0.752. The van der Waals surface area contributed by atoms with Crippen LogP contribution in [0.4, 0.5) is 4.79 Å². The van der Waals surface area contributed by atoms with Gasteiger partial charge >= 0.3 is 12.1 Å². The minimum atomic E-state index is -0.928. The molecule has 3 rings (SSSR count). The Bertz CT molecular complexity index is 837. The van der Waals surface area contributed by atoms with Crippen molar-refractivity contribution in [2.24, 2.45) is 12.8 Å². The van der Waals surface area contributed by atoms with Crippen LogP contribution in [-0.2, 0) is 7.05 Å². The molecule has 2 heterocycles. The van der Waals surface area contributed by atoms with Gasteiger partial charge in [0.05, 0.1) is 15.9 Å². The monoisotopic (exact) mass is 301 g/mol. The number of hydrogen-bond acceptors (Lipinski definition) is 5. The van der Waals surface area contributed by atoms with E-state index >= 15 is 0 Å². The van der Waals surface area contributed by atoms with Crippen molar-refractivity contribution >= 4 is 34.2 Å². The highest BCUT2D eigenvalue weighted by Gasteiger charge is 2.15. The Morgan fingerprint density at radius 1 is 1.33 bits per heavy atom. The van der Waals surface area contributed by atoms with Gasteiger partial charge in [-0.2, -0.15) is 4.98 Å². The lowest BCUT2D eigenvalue weighted by atomic mass is 10.1. The van der Waals surface area contributed by atoms with Crippen LogP contribution in [0.1, 0.15) is 15.2 Å². The first kappa shape index (κ1) is 13.3. The van der Waals surface area contributed by atoms with E-state index in [0.29, 0.717) is 16.0 Å². The first-order chi connectivity index (χ1) is 10.1. The van der Waals surface area contributed by atoms with E-state index in [1.807, 2.05) is 11.4 Å². The zero-order valence-electron chi connectivity index (χ0n) is 11.1. The number of carbonyl (C=O) groups is 2. The fourth-order valence-electron chi connectivity index (χ4n) is 2.05. The number of hydrogen-bond donors (Lipinski definition) is 1. The molecule has 3 aromatic rings. The zero-order chi connectivity index (χ0) is 15.0. The van der Waals surface area contributed by atoms with Gasteiger partial charge in [-0.05, 0) is 29.6 Å². The van der Waals surface area contributed by atoms with E-state index in [1.165, 1.54) is 11.3 Å². The number of primary amides is 1. The Morgan fingerprint density at radius 2 is 2.14 bits per heavy atom. The molecule has 2 aromatic heterocycles. The maximum atomic E-state index is 12.3. The lowest BCUT2D eigenvalue weighted by molar-refractivity contribution is 0.104. The number of imidazole rings is 1. The van der Waals surface area contributed by atoms with Gasteiger partial charge in [-0.15, -0.1) is 11.3 Å². The van der Waals surface area contributed by atoms with Crippen molar-refractivity contribution in [1.29, 1.82) is 0 Å². The summed E-state index contributed by atoms with van der Waals surface area (Å²) >= 11 is 1.39. The average Bonchev–Trinajstić information content (AvgIpc) is 3.07. The van der Waals surface area contributed by atoms with Crippen LogP contribution < -0.4 is 10.5 Å². The summed E-state index contributed by atoms with van der Waals surface area (Å²) in [6, 6.07) is 8.86. The van der Waals surface area contributed by atoms with Crippen LogP contribution in [0.15, 0.2) is 35.7 Å². The fraction of sp³-hybridized carbons (Fsp3) is 0.0714. The molecule has 0 saturated heterocycles. The number of carbonyl (C=O) groups excluding carboxylic acids is 2. The Kier molecular flexibility index (Phi) is 3.19. The van der Waals surface area contributed by atoms with Crippen molar-refractivity contribution in [3.63, 3.8) is 0 Å². The summed E-state index contributed by atoms with van der Waals surface area (Å²) in [5.74, 6) is -0.0603. The summed E-state index contributed by atoms with van der Waals surface area (Å²) < 4.78 is 6.41. The number of fused-ring (bicyclic) bond motifs is 1. The number of benzene rings is 1. The molecular weight excluding hydrogens is 290 g/mol. The minimum Gasteiger partial charge on any atom is -0.375 e. The summed E-state index contributed by atoms with van der Waals surface area (Å²) in [5, 5.41) is 1.85. The second-order valence-corrected chi connectivity index (χ2v) is 5.33. The van der Waals surface area contributed by atoms with Gasteiger partial charge in [0.25, 0.3) is 0 Å². The Hall–Kier alpha value is -2.67. The number of aromatic nitrogens is 2. The van der Waals surface area contributed by atoms with E-state index in [1.54, 1.807) is 35.9 Å². The van der Waals surface area contributed by atoms with E-state index in [0.717, 1.165) is 5.52 Å². The molecule has 0 aliphatic heterocycles. The van der Waals surface area contributed by atoms with Gasteiger partial charge in [-0.3, -0.25) is 9.36 Å². The molecule has 0 radical (unpaired) electrons.